The minimum Gasteiger partial charge on any atom is -0.358 e. The lowest BCUT2D eigenvalue weighted by Gasteiger charge is -2.16. The highest BCUT2D eigenvalue weighted by Gasteiger charge is 2.13. The molecule has 0 radical (unpaired) electrons. The fourth-order valence-corrected chi connectivity index (χ4v) is 2.30. The van der Waals surface area contributed by atoms with Crippen molar-refractivity contribution < 1.29 is 4.79 Å². The summed E-state index contributed by atoms with van der Waals surface area (Å²) in [5.74, 6) is 0.317. The Morgan fingerprint density at radius 3 is 2.64 bits per heavy atom. The molecule has 118 valence electrons. The maximum absolute atomic E-state index is 12.6. The maximum atomic E-state index is 12.6. The van der Waals surface area contributed by atoms with Crippen molar-refractivity contribution in [3.05, 3.63) is 34.6 Å². The predicted molar refractivity (Wildman–Crippen MR) is 88.2 cm³/mol. The van der Waals surface area contributed by atoms with Crippen LogP contribution in [0.15, 0.2) is 29.1 Å². The number of aryl methyl sites for hydroxylation is 1. The summed E-state index contributed by atoms with van der Waals surface area (Å²) in [4.78, 5) is 30.5. The Morgan fingerprint density at radius 2 is 2.00 bits per heavy atom. The van der Waals surface area contributed by atoms with Crippen LogP contribution in [0, 0.1) is 0 Å². The second-order valence-electron chi connectivity index (χ2n) is 5.75. The van der Waals surface area contributed by atoms with E-state index in [2.05, 4.69) is 10.3 Å². The zero-order chi connectivity index (χ0) is 16.3. The third-order valence-corrected chi connectivity index (χ3v) is 3.27. The molecule has 6 nitrogen and oxygen atoms in total. The maximum Gasteiger partial charge on any atom is 0.293 e. The first-order valence-electron chi connectivity index (χ1n) is 7.36. The van der Waals surface area contributed by atoms with E-state index in [0.717, 1.165) is 11.0 Å². The largest absolute Gasteiger partial charge is 0.358 e. The molecule has 1 N–H and O–H groups in total. The van der Waals surface area contributed by atoms with Gasteiger partial charge in [0.2, 0.25) is 5.91 Å². The molecule has 2 rings (SSSR count). The molecule has 0 atom stereocenters. The Bertz CT molecular complexity index is 734. The molecule has 2 aromatic rings. The third kappa shape index (κ3) is 3.44. The van der Waals surface area contributed by atoms with E-state index < -0.39 is 0 Å². The van der Waals surface area contributed by atoms with Crippen LogP contribution >= 0.6 is 0 Å². The number of nitrogens with one attached hydrogen (secondary N) is 1. The van der Waals surface area contributed by atoms with Crippen molar-refractivity contribution in [1.82, 2.24) is 14.9 Å². The molecule has 1 aromatic carbocycles. The molecule has 22 heavy (non-hydrogen) atoms. The summed E-state index contributed by atoms with van der Waals surface area (Å²) in [6, 6.07) is 7.56. The highest BCUT2D eigenvalue weighted by Crippen LogP contribution is 2.13. The highest BCUT2D eigenvalue weighted by atomic mass is 16.2. The van der Waals surface area contributed by atoms with E-state index in [4.69, 9.17) is 0 Å². The lowest BCUT2D eigenvalue weighted by Crippen LogP contribution is -2.33. The smallest absolute Gasteiger partial charge is 0.293 e. The van der Waals surface area contributed by atoms with Crippen LogP contribution < -0.4 is 15.8 Å². The summed E-state index contributed by atoms with van der Waals surface area (Å²) in [6.45, 7) is 4.16. The van der Waals surface area contributed by atoms with E-state index in [1.165, 1.54) is 0 Å². The second kappa shape index (κ2) is 6.60. The van der Waals surface area contributed by atoms with Crippen molar-refractivity contribution in [2.45, 2.75) is 32.9 Å². The number of benzene rings is 1. The van der Waals surface area contributed by atoms with Gasteiger partial charge in [0, 0.05) is 33.1 Å². The molecule has 0 bridgehead atoms. The van der Waals surface area contributed by atoms with Gasteiger partial charge in [-0.1, -0.05) is 12.1 Å². The van der Waals surface area contributed by atoms with Gasteiger partial charge in [-0.2, -0.15) is 0 Å². The van der Waals surface area contributed by atoms with Gasteiger partial charge in [-0.15, -0.1) is 0 Å². The van der Waals surface area contributed by atoms with Gasteiger partial charge in [0.25, 0.3) is 5.56 Å². The van der Waals surface area contributed by atoms with Crippen molar-refractivity contribution >= 4 is 22.8 Å². The van der Waals surface area contributed by atoms with Gasteiger partial charge in [0.15, 0.2) is 5.82 Å². The average Bonchev–Trinajstić information content (AvgIpc) is 2.44. The lowest BCUT2D eigenvalue weighted by atomic mass is 10.2. The molecule has 0 saturated heterocycles. The van der Waals surface area contributed by atoms with Gasteiger partial charge in [-0.25, -0.2) is 4.98 Å². The number of para-hydroxylation sites is 2. The normalized spacial score (nSPS) is 11.0. The fourth-order valence-electron chi connectivity index (χ4n) is 2.30. The number of anilines is 1. The van der Waals surface area contributed by atoms with Crippen LogP contribution in [0.25, 0.3) is 11.0 Å². The highest BCUT2D eigenvalue weighted by molar-refractivity contribution is 5.78. The summed E-state index contributed by atoms with van der Waals surface area (Å²) < 4.78 is 1.62. The molecule has 1 heterocycles. The van der Waals surface area contributed by atoms with E-state index in [1.807, 2.05) is 38.1 Å². The van der Waals surface area contributed by atoms with Crippen LogP contribution in [0.3, 0.4) is 0 Å². The van der Waals surface area contributed by atoms with E-state index in [1.54, 1.807) is 23.6 Å². The molecular formula is C16H22N4O2. The van der Waals surface area contributed by atoms with Gasteiger partial charge in [-0.05, 0) is 26.0 Å². The first-order chi connectivity index (χ1) is 10.4. The summed E-state index contributed by atoms with van der Waals surface area (Å²) in [5.41, 5.74) is 1.31. The minimum absolute atomic E-state index is 0.0609. The van der Waals surface area contributed by atoms with Crippen molar-refractivity contribution in [2.75, 3.05) is 19.0 Å². The van der Waals surface area contributed by atoms with Gasteiger partial charge in [0.1, 0.15) is 0 Å². The van der Waals surface area contributed by atoms with E-state index in [0.29, 0.717) is 12.4 Å². The first kappa shape index (κ1) is 16.0. The third-order valence-electron chi connectivity index (χ3n) is 3.27. The second-order valence-corrected chi connectivity index (χ2v) is 5.75. The van der Waals surface area contributed by atoms with Crippen LogP contribution in [-0.4, -0.2) is 35.6 Å². The van der Waals surface area contributed by atoms with Crippen LogP contribution in [0.4, 0.5) is 5.82 Å². The first-order valence-corrected chi connectivity index (χ1v) is 7.36. The number of carbonyl (C=O) groups is 1. The summed E-state index contributed by atoms with van der Waals surface area (Å²) in [7, 11) is 3.57. The van der Waals surface area contributed by atoms with Crippen LogP contribution in [-0.2, 0) is 11.3 Å². The van der Waals surface area contributed by atoms with Gasteiger partial charge >= 0.3 is 0 Å². The molecule has 1 aromatic heterocycles. The van der Waals surface area contributed by atoms with Crippen LogP contribution in [0.1, 0.15) is 20.3 Å². The van der Waals surface area contributed by atoms with Crippen molar-refractivity contribution in [3.63, 3.8) is 0 Å². The zero-order valence-electron chi connectivity index (χ0n) is 13.5. The topological polar surface area (TPSA) is 67.2 Å². The number of aromatic nitrogens is 2. The van der Waals surface area contributed by atoms with Crippen LogP contribution in [0.5, 0.6) is 0 Å². The number of fused-ring (bicyclic) bond motifs is 1. The quantitative estimate of drug-likeness (QED) is 0.906. The number of rotatable bonds is 5. The molecule has 0 aliphatic rings. The molecule has 0 spiro atoms. The Kier molecular flexibility index (Phi) is 4.80. The van der Waals surface area contributed by atoms with Gasteiger partial charge in [0.05, 0.1) is 11.0 Å². The molecular weight excluding hydrogens is 280 g/mol. The van der Waals surface area contributed by atoms with E-state index in [-0.39, 0.29) is 23.9 Å². The molecule has 6 heteroatoms. The van der Waals surface area contributed by atoms with Crippen molar-refractivity contribution in [3.8, 4) is 0 Å². The van der Waals surface area contributed by atoms with Gasteiger partial charge in [-0.3, -0.25) is 9.59 Å². The standard InChI is InChI=1S/C16H22N4O2/c1-11(2)17-14(21)9-10-20-13-8-6-5-7-12(13)18-15(16(20)22)19(3)4/h5-8,11H,9-10H2,1-4H3,(H,17,21). The number of hydrogen-bond acceptors (Lipinski definition) is 4. The van der Waals surface area contributed by atoms with E-state index in [9.17, 15) is 9.59 Å². The summed E-state index contributed by atoms with van der Waals surface area (Å²) >= 11 is 0. The molecule has 0 aliphatic heterocycles. The summed E-state index contributed by atoms with van der Waals surface area (Å²) in [5, 5.41) is 2.84. The van der Waals surface area contributed by atoms with Gasteiger partial charge < -0.3 is 14.8 Å². The summed E-state index contributed by atoms with van der Waals surface area (Å²) in [6.07, 6.45) is 0.263. The Balaban J connectivity index is 2.40. The lowest BCUT2D eigenvalue weighted by molar-refractivity contribution is -0.121. The monoisotopic (exact) mass is 302 g/mol. The number of hydrogen-bond donors (Lipinski definition) is 1. The Morgan fingerprint density at radius 1 is 1.32 bits per heavy atom. The van der Waals surface area contributed by atoms with Crippen molar-refractivity contribution in [2.24, 2.45) is 0 Å². The molecule has 0 fully saturated rings. The Hall–Kier alpha value is -2.37. The van der Waals surface area contributed by atoms with Crippen molar-refractivity contribution in [1.29, 1.82) is 0 Å². The fraction of sp³-hybridized carbons (Fsp3) is 0.438. The molecule has 0 saturated carbocycles. The number of carbonyl (C=O) groups excluding carboxylic acids is 1. The average molecular weight is 302 g/mol. The van der Waals surface area contributed by atoms with E-state index >= 15 is 0 Å². The zero-order valence-corrected chi connectivity index (χ0v) is 13.5. The molecule has 0 aliphatic carbocycles. The molecule has 0 unspecified atom stereocenters. The Labute approximate surface area is 129 Å². The van der Waals surface area contributed by atoms with Crippen LogP contribution in [0.2, 0.25) is 0 Å². The SMILES string of the molecule is CC(C)NC(=O)CCn1c(=O)c(N(C)C)nc2ccccc21. The predicted octanol–water partition coefficient (Wildman–Crippen LogP) is 1.38. The minimum atomic E-state index is -0.180. The number of amides is 1. The number of nitrogens with zero attached hydrogens (tertiary/aromatic N) is 3. The molecule has 1 amide bonds.